The van der Waals surface area contributed by atoms with Crippen LogP contribution in [0.3, 0.4) is 0 Å². The molecule has 0 saturated heterocycles. The zero-order valence-corrected chi connectivity index (χ0v) is 16.0. The fourth-order valence-electron chi connectivity index (χ4n) is 8.20. The Hall–Kier alpha value is -0.610. The molecule has 5 saturated carbocycles. The highest BCUT2D eigenvalue weighted by molar-refractivity contribution is 5.77. The molecule has 2 N–H and O–H groups in total. The first-order valence-electron chi connectivity index (χ1n) is 10.2. The molecule has 5 rings (SSSR count). The number of ether oxygens (including phenoxy) is 1. The van der Waals surface area contributed by atoms with E-state index in [2.05, 4.69) is 13.8 Å². The van der Waals surface area contributed by atoms with Crippen LogP contribution in [0.5, 0.6) is 0 Å². The van der Waals surface area contributed by atoms with Crippen LogP contribution in [0, 0.1) is 39.9 Å². The van der Waals surface area contributed by atoms with Gasteiger partial charge in [-0.3, -0.25) is 4.79 Å². The number of aliphatic hydroxyl groups excluding tert-OH is 2. The van der Waals surface area contributed by atoms with Crippen molar-refractivity contribution in [1.29, 1.82) is 0 Å². The largest absolute Gasteiger partial charge is 0.469 e. The second-order valence-corrected chi connectivity index (χ2v) is 9.97. The lowest BCUT2D eigenvalue weighted by Gasteiger charge is -2.69. The molecule has 1 spiro atoms. The maximum Gasteiger partial charge on any atom is 0.311 e. The standard InChI is InChI=1S/C21H34O4/c1-19-7-4-8-20(2,18(24)25-3)15(19)6-10-21-9-5-13(11-16(19)21)14(12-22)17(21)23/h13-17,22-23H,4-12H2,1-3H3/t13-,14+,15-,16-,17+,19+,20+,21-/m0/s1. The van der Waals surface area contributed by atoms with E-state index < -0.39 is 0 Å². The molecule has 5 aliphatic rings. The highest BCUT2D eigenvalue weighted by atomic mass is 16.5. The van der Waals surface area contributed by atoms with Crippen LogP contribution in [0.2, 0.25) is 0 Å². The van der Waals surface area contributed by atoms with Gasteiger partial charge in [-0.25, -0.2) is 0 Å². The van der Waals surface area contributed by atoms with E-state index in [4.69, 9.17) is 4.74 Å². The van der Waals surface area contributed by atoms with Crippen molar-refractivity contribution in [3.05, 3.63) is 0 Å². The van der Waals surface area contributed by atoms with Gasteiger partial charge in [0.05, 0.1) is 18.6 Å². The quantitative estimate of drug-likeness (QED) is 0.751. The van der Waals surface area contributed by atoms with Crippen LogP contribution in [-0.4, -0.2) is 36.0 Å². The Kier molecular flexibility index (Phi) is 4.05. The summed E-state index contributed by atoms with van der Waals surface area (Å²) in [5.74, 6) is 1.26. The molecular formula is C21H34O4. The molecule has 0 heterocycles. The van der Waals surface area contributed by atoms with Crippen LogP contribution in [0.15, 0.2) is 0 Å². The smallest absolute Gasteiger partial charge is 0.311 e. The van der Waals surface area contributed by atoms with Crippen molar-refractivity contribution < 1.29 is 19.7 Å². The van der Waals surface area contributed by atoms with E-state index in [9.17, 15) is 15.0 Å². The molecule has 4 heteroatoms. The molecular weight excluding hydrogens is 316 g/mol. The number of fused-ring (bicyclic) bond motifs is 3. The van der Waals surface area contributed by atoms with Crippen molar-refractivity contribution in [2.24, 2.45) is 39.9 Å². The number of methoxy groups -OCH3 is 1. The van der Waals surface area contributed by atoms with E-state index >= 15 is 0 Å². The summed E-state index contributed by atoms with van der Waals surface area (Å²) in [4.78, 5) is 12.7. The van der Waals surface area contributed by atoms with Gasteiger partial charge in [0.15, 0.2) is 0 Å². The lowest BCUT2D eigenvalue weighted by molar-refractivity contribution is -0.248. The summed E-state index contributed by atoms with van der Waals surface area (Å²) in [6.45, 7) is 4.62. The van der Waals surface area contributed by atoms with Gasteiger partial charge in [0.2, 0.25) is 0 Å². The topological polar surface area (TPSA) is 66.8 Å². The summed E-state index contributed by atoms with van der Waals surface area (Å²) < 4.78 is 5.22. The number of hydrogen-bond donors (Lipinski definition) is 2. The second kappa shape index (κ2) is 5.69. The van der Waals surface area contributed by atoms with Gasteiger partial charge in [-0.15, -0.1) is 0 Å². The third-order valence-electron chi connectivity index (χ3n) is 9.35. The minimum absolute atomic E-state index is 0.0399. The molecule has 0 radical (unpaired) electrons. The predicted molar refractivity (Wildman–Crippen MR) is 94.7 cm³/mol. The van der Waals surface area contributed by atoms with Gasteiger partial charge in [0.1, 0.15) is 0 Å². The molecule has 25 heavy (non-hydrogen) atoms. The maximum atomic E-state index is 12.7. The summed E-state index contributed by atoms with van der Waals surface area (Å²) in [7, 11) is 1.52. The molecule has 4 nitrogen and oxygen atoms in total. The summed E-state index contributed by atoms with van der Waals surface area (Å²) in [6, 6.07) is 0. The average molecular weight is 350 g/mol. The third kappa shape index (κ3) is 2.10. The Balaban J connectivity index is 1.73. The van der Waals surface area contributed by atoms with E-state index in [1.165, 1.54) is 7.11 Å². The van der Waals surface area contributed by atoms with Gasteiger partial charge in [-0.2, -0.15) is 0 Å². The molecule has 0 aromatic heterocycles. The molecule has 0 aromatic rings. The molecule has 0 aromatic carbocycles. The van der Waals surface area contributed by atoms with Crippen molar-refractivity contribution in [2.75, 3.05) is 13.7 Å². The Bertz CT molecular complexity index is 562. The highest BCUT2D eigenvalue weighted by Gasteiger charge is 2.68. The number of esters is 1. The fraction of sp³-hybridized carbons (Fsp3) is 0.952. The van der Waals surface area contributed by atoms with E-state index in [0.29, 0.717) is 17.8 Å². The van der Waals surface area contributed by atoms with Crippen LogP contribution in [0.25, 0.3) is 0 Å². The van der Waals surface area contributed by atoms with E-state index in [-0.39, 0.29) is 40.8 Å². The first-order valence-corrected chi connectivity index (χ1v) is 10.2. The SMILES string of the molecule is COC(=O)[C@]1(C)CCC[C@@]2(C)[C@@H]3C[C@@H]4CC[C@@]3(CC[C@@H]21)[C@H](O)[C@@H]4CO. The van der Waals surface area contributed by atoms with Gasteiger partial charge in [-0.05, 0) is 75.0 Å². The third-order valence-corrected chi connectivity index (χ3v) is 9.35. The number of rotatable bonds is 2. The van der Waals surface area contributed by atoms with Crippen LogP contribution < -0.4 is 0 Å². The zero-order valence-electron chi connectivity index (χ0n) is 16.0. The zero-order chi connectivity index (χ0) is 18.0. The Morgan fingerprint density at radius 1 is 1.12 bits per heavy atom. The maximum absolute atomic E-state index is 12.7. The Labute approximate surface area is 151 Å². The summed E-state index contributed by atoms with van der Waals surface area (Å²) in [5.41, 5.74) is -0.331. The lowest BCUT2D eigenvalue weighted by atomic mass is 9.35. The molecule has 0 aliphatic heterocycles. The van der Waals surface area contributed by atoms with Crippen molar-refractivity contribution in [2.45, 2.75) is 71.3 Å². The highest BCUT2D eigenvalue weighted by Crippen LogP contribution is 2.72. The number of aliphatic hydroxyl groups is 2. The van der Waals surface area contributed by atoms with Crippen molar-refractivity contribution in [3.8, 4) is 0 Å². The number of hydrogen-bond acceptors (Lipinski definition) is 4. The summed E-state index contributed by atoms with van der Waals surface area (Å²) >= 11 is 0. The summed E-state index contributed by atoms with van der Waals surface area (Å²) in [6.07, 6.45) is 8.12. The minimum Gasteiger partial charge on any atom is -0.469 e. The van der Waals surface area contributed by atoms with Crippen LogP contribution in [0.4, 0.5) is 0 Å². The molecule has 8 atom stereocenters. The second-order valence-electron chi connectivity index (χ2n) is 9.97. The van der Waals surface area contributed by atoms with Crippen molar-refractivity contribution >= 4 is 5.97 Å². The summed E-state index contributed by atoms with van der Waals surface area (Å²) in [5, 5.41) is 21.0. The van der Waals surface area contributed by atoms with Crippen molar-refractivity contribution in [1.82, 2.24) is 0 Å². The number of carbonyl (C=O) groups is 1. The molecule has 5 aliphatic carbocycles. The van der Waals surface area contributed by atoms with Crippen LogP contribution in [-0.2, 0) is 9.53 Å². The van der Waals surface area contributed by atoms with Gasteiger partial charge >= 0.3 is 5.97 Å². The molecule has 5 fully saturated rings. The molecule has 2 bridgehead atoms. The molecule has 0 amide bonds. The normalized spacial score (nSPS) is 54.5. The van der Waals surface area contributed by atoms with Gasteiger partial charge in [-0.1, -0.05) is 13.3 Å². The first kappa shape index (κ1) is 17.8. The monoisotopic (exact) mass is 350 g/mol. The number of carbonyl (C=O) groups excluding carboxylic acids is 1. The Morgan fingerprint density at radius 3 is 2.52 bits per heavy atom. The van der Waals surface area contributed by atoms with E-state index in [1.807, 2.05) is 0 Å². The van der Waals surface area contributed by atoms with Gasteiger partial charge in [0.25, 0.3) is 0 Å². The molecule has 142 valence electrons. The fourth-order valence-corrected chi connectivity index (χ4v) is 8.20. The van der Waals surface area contributed by atoms with Crippen molar-refractivity contribution in [3.63, 3.8) is 0 Å². The minimum atomic E-state index is -0.388. The predicted octanol–water partition coefficient (Wildman–Crippen LogP) is 3.15. The lowest BCUT2D eigenvalue weighted by Crippen LogP contribution is -2.67. The molecule has 0 unspecified atom stereocenters. The van der Waals surface area contributed by atoms with Gasteiger partial charge < -0.3 is 14.9 Å². The van der Waals surface area contributed by atoms with Crippen LogP contribution in [0.1, 0.15) is 65.2 Å². The Morgan fingerprint density at radius 2 is 1.84 bits per heavy atom. The first-order chi connectivity index (χ1) is 11.8. The van der Waals surface area contributed by atoms with Gasteiger partial charge in [0, 0.05) is 17.9 Å². The van der Waals surface area contributed by atoms with E-state index in [1.54, 1.807) is 0 Å². The average Bonchev–Trinajstić information content (AvgIpc) is 2.61. The van der Waals surface area contributed by atoms with Crippen LogP contribution >= 0.6 is 0 Å². The van der Waals surface area contributed by atoms with E-state index in [0.717, 1.165) is 51.4 Å².